The number of hydrogen-bond donors (Lipinski definition) is 1. The molecule has 1 heterocycles. The monoisotopic (exact) mass is 257 g/mol. The minimum Gasteiger partial charge on any atom is -0.497 e. The zero-order chi connectivity index (χ0) is 13.3. The van der Waals surface area contributed by atoms with Crippen molar-refractivity contribution < 1.29 is 17.9 Å². The average Bonchev–Trinajstić information content (AvgIpc) is 2.35. The van der Waals surface area contributed by atoms with Crippen LogP contribution >= 0.6 is 0 Å². The Morgan fingerprint density at radius 1 is 1.22 bits per heavy atom. The molecule has 0 radical (unpaired) electrons. The molecule has 0 aliphatic rings. The molecule has 1 aromatic carbocycles. The summed E-state index contributed by atoms with van der Waals surface area (Å²) in [6.45, 7) is 0. The number of halogens is 3. The topological polar surface area (TPSA) is 47.0 Å². The SMILES string of the molecule is CNc1nc(C(F)(F)F)nc2ccc(OC)cc12. The zero-order valence-corrected chi connectivity index (χ0v) is 9.67. The van der Waals surface area contributed by atoms with Crippen molar-refractivity contribution in [3.05, 3.63) is 24.0 Å². The minimum atomic E-state index is -4.57. The van der Waals surface area contributed by atoms with Gasteiger partial charge in [0.1, 0.15) is 11.6 Å². The fourth-order valence-electron chi connectivity index (χ4n) is 1.55. The van der Waals surface area contributed by atoms with Gasteiger partial charge in [-0.15, -0.1) is 0 Å². The first kappa shape index (κ1) is 12.4. The molecule has 96 valence electrons. The van der Waals surface area contributed by atoms with Crippen molar-refractivity contribution in [2.24, 2.45) is 0 Å². The number of fused-ring (bicyclic) bond motifs is 1. The lowest BCUT2D eigenvalue weighted by Gasteiger charge is -2.10. The van der Waals surface area contributed by atoms with Crippen LogP contribution in [0.5, 0.6) is 5.75 Å². The smallest absolute Gasteiger partial charge is 0.451 e. The third-order valence-electron chi connectivity index (χ3n) is 2.39. The molecule has 4 nitrogen and oxygen atoms in total. The van der Waals surface area contributed by atoms with Crippen LogP contribution in [0, 0.1) is 0 Å². The van der Waals surface area contributed by atoms with E-state index in [9.17, 15) is 13.2 Å². The van der Waals surface area contributed by atoms with Crippen LogP contribution in [-0.2, 0) is 6.18 Å². The molecule has 0 amide bonds. The van der Waals surface area contributed by atoms with E-state index < -0.39 is 12.0 Å². The maximum Gasteiger partial charge on any atom is 0.451 e. The average molecular weight is 257 g/mol. The van der Waals surface area contributed by atoms with E-state index in [0.29, 0.717) is 11.1 Å². The summed E-state index contributed by atoms with van der Waals surface area (Å²) < 4.78 is 42.8. The van der Waals surface area contributed by atoms with Gasteiger partial charge >= 0.3 is 6.18 Å². The highest BCUT2D eigenvalue weighted by molar-refractivity contribution is 5.90. The molecule has 2 rings (SSSR count). The summed E-state index contributed by atoms with van der Waals surface area (Å²) in [5.41, 5.74) is 0.211. The second kappa shape index (κ2) is 4.32. The Morgan fingerprint density at radius 3 is 2.50 bits per heavy atom. The predicted octanol–water partition coefficient (Wildman–Crippen LogP) is 2.70. The second-order valence-electron chi connectivity index (χ2n) is 3.53. The summed E-state index contributed by atoms with van der Waals surface area (Å²) >= 11 is 0. The molecule has 0 fully saturated rings. The van der Waals surface area contributed by atoms with E-state index in [2.05, 4.69) is 15.3 Å². The number of aromatic nitrogens is 2. The third-order valence-corrected chi connectivity index (χ3v) is 2.39. The largest absolute Gasteiger partial charge is 0.497 e. The van der Waals surface area contributed by atoms with Gasteiger partial charge in [0.2, 0.25) is 5.82 Å². The molecule has 0 aliphatic heterocycles. The summed E-state index contributed by atoms with van der Waals surface area (Å²) in [4.78, 5) is 6.96. The van der Waals surface area contributed by atoms with Gasteiger partial charge in [0.15, 0.2) is 0 Å². The quantitative estimate of drug-likeness (QED) is 0.898. The van der Waals surface area contributed by atoms with Crippen LogP contribution < -0.4 is 10.1 Å². The molecule has 1 N–H and O–H groups in total. The second-order valence-corrected chi connectivity index (χ2v) is 3.53. The van der Waals surface area contributed by atoms with Crippen molar-refractivity contribution in [1.29, 1.82) is 0 Å². The maximum atomic E-state index is 12.6. The number of methoxy groups -OCH3 is 1. The Bertz CT molecular complexity index is 583. The highest BCUT2D eigenvalue weighted by Crippen LogP contribution is 2.31. The summed E-state index contributed by atoms with van der Waals surface area (Å²) in [5.74, 6) is -0.516. The first-order chi connectivity index (χ1) is 8.45. The van der Waals surface area contributed by atoms with Gasteiger partial charge in [-0.25, -0.2) is 9.97 Å². The lowest BCUT2D eigenvalue weighted by atomic mass is 10.2. The number of nitrogens with zero attached hydrogens (tertiary/aromatic N) is 2. The van der Waals surface area contributed by atoms with Gasteiger partial charge < -0.3 is 10.1 Å². The molecule has 0 unspecified atom stereocenters. The van der Waals surface area contributed by atoms with Gasteiger partial charge in [-0.3, -0.25) is 0 Å². The first-order valence-electron chi connectivity index (χ1n) is 5.06. The molecular formula is C11H10F3N3O. The maximum absolute atomic E-state index is 12.6. The summed E-state index contributed by atoms with van der Waals surface area (Å²) in [6, 6.07) is 4.60. The number of nitrogens with one attached hydrogen (secondary N) is 1. The number of benzene rings is 1. The van der Waals surface area contributed by atoms with Gasteiger partial charge in [0.05, 0.1) is 12.6 Å². The van der Waals surface area contributed by atoms with Crippen LogP contribution in [0.2, 0.25) is 0 Å². The fourth-order valence-corrected chi connectivity index (χ4v) is 1.55. The van der Waals surface area contributed by atoms with Crippen LogP contribution in [0.3, 0.4) is 0 Å². The van der Waals surface area contributed by atoms with Crippen molar-refractivity contribution >= 4 is 16.7 Å². The van der Waals surface area contributed by atoms with Crippen molar-refractivity contribution in [3.8, 4) is 5.75 Å². The number of ether oxygens (including phenoxy) is 1. The van der Waals surface area contributed by atoms with Crippen LogP contribution in [-0.4, -0.2) is 24.1 Å². The van der Waals surface area contributed by atoms with Crippen molar-refractivity contribution in [2.75, 3.05) is 19.5 Å². The van der Waals surface area contributed by atoms with Crippen molar-refractivity contribution in [3.63, 3.8) is 0 Å². The van der Waals surface area contributed by atoms with E-state index in [1.807, 2.05) is 0 Å². The number of hydrogen-bond acceptors (Lipinski definition) is 4. The molecule has 0 saturated carbocycles. The lowest BCUT2D eigenvalue weighted by Crippen LogP contribution is -2.12. The van der Waals surface area contributed by atoms with Crippen LogP contribution in [0.15, 0.2) is 18.2 Å². The number of alkyl halides is 3. The lowest BCUT2D eigenvalue weighted by molar-refractivity contribution is -0.144. The van der Waals surface area contributed by atoms with Crippen molar-refractivity contribution in [1.82, 2.24) is 9.97 Å². The Kier molecular flexibility index (Phi) is 2.98. The molecule has 0 aliphatic carbocycles. The van der Waals surface area contributed by atoms with Crippen molar-refractivity contribution in [2.45, 2.75) is 6.18 Å². The van der Waals surface area contributed by atoms with Gasteiger partial charge in [0.25, 0.3) is 0 Å². The van der Waals surface area contributed by atoms with E-state index in [1.54, 1.807) is 12.1 Å². The fraction of sp³-hybridized carbons (Fsp3) is 0.273. The molecule has 1 aromatic heterocycles. The van der Waals surface area contributed by atoms with E-state index in [0.717, 1.165) is 0 Å². The number of rotatable bonds is 2. The zero-order valence-electron chi connectivity index (χ0n) is 9.67. The van der Waals surface area contributed by atoms with Crippen LogP contribution in [0.1, 0.15) is 5.82 Å². The Labute approximate surface area is 101 Å². The highest BCUT2D eigenvalue weighted by Gasteiger charge is 2.35. The van der Waals surface area contributed by atoms with Gasteiger partial charge in [-0.2, -0.15) is 13.2 Å². The summed E-state index contributed by atoms with van der Waals surface area (Å²) in [5, 5.41) is 3.10. The molecule has 2 aromatic rings. The third kappa shape index (κ3) is 2.15. The highest BCUT2D eigenvalue weighted by atomic mass is 19.4. The van der Waals surface area contributed by atoms with Gasteiger partial charge in [0, 0.05) is 12.4 Å². The Morgan fingerprint density at radius 2 is 1.94 bits per heavy atom. The Hall–Kier alpha value is -2.05. The Balaban J connectivity index is 2.71. The van der Waals surface area contributed by atoms with E-state index >= 15 is 0 Å². The number of anilines is 1. The van der Waals surface area contributed by atoms with E-state index in [-0.39, 0.29) is 11.3 Å². The van der Waals surface area contributed by atoms with E-state index in [4.69, 9.17) is 4.74 Å². The molecule has 7 heteroatoms. The molecule has 0 bridgehead atoms. The minimum absolute atomic E-state index is 0.117. The predicted molar refractivity (Wildman–Crippen MR) is 60.6 cm³/mol. The normalized spacial score (nSPS) is 11.6. The van der Waals surface area contributed by atoms with Crippen LogP contribution in [0.25, 0.3) is 10.9 Å². The molecule has 18 heavy (non-hydrogen) atoms. The molecule has 0 atom stereocenters. The van der Waals surface area contributed by atoms with E-state index in [1.165, 1.54) is 20.2 Å². The molecule has 0 spiro atoms. The van der Waals surface area contributed by atoms with Crippen LogP contribution in [0.4, 0.5) is 19.0 Å². The first-order valence-corrected chi connectivity index (χ1v) is 5.06. The molecular weight excluding hydrogens is 247 g/mol. The van der Waals surface area contributed by atoms with Gasteiger partial charge in [-0.05, 0) is 18.2 Å². The standard InChI is InChI=1S/C11H10F3N3O/c1-15-9-7-5-6(18-2)3-4-8(7)16-10(17-9)11(12,13)14/h3-5H,1-2H3,(H,15,16,17). The molecule has 0 saturated heterocycles. The summed E-state index contributed by atoms with van der Waals surface area (Å²) in [7, 11) is 2.98. The summed E-state index contributed by atoms with van der Waals surface area (Å²) in [6.07, 6.45) is -4.57. The van der Waals surface area contributed by atoms with Gasteiger partial charge in [-0.1, -0.05) is 0 Å².